The minimum absolute atomic E-state index is 0.0514. The van der Waals surface area contributed by atoms with E-state index in [1.54, 1.807) is 0 Å². The predicted molar refractivity (Wildman–Crippen MR) is 46.6 cm³/mol. The average molecular weight is 193 g/mol. The SMILES string of the molecule is NC1(CCO)CCC(C(F)F)CC1. The second kappa shape index (κ2) is 4.33. The van der Waals surface area contributed by atoms with Gasteiger partial charge < -0.3 is 10.8 Å². The lowest BCUT2D eigenvalue weighted by molar-refractivity contribution is 0.0381. The van der Waals surface area contributed by atoms with Crippen LogP contribution < -0.4 is 5.73 Å². The molecule has 1 saturated carbocycles. The van der Waals surface area contributed by atoms with E-state index in [0.717, 1.165) is 0 Å². The minimum Gasteiger partial charge on any atom is -0.396 e. The minimum atomic E-state index is -2.21. The number of hydrogen-bond donors (Lipinski definition) is 2. The van der Waals surface area contributed by atoms with Crippen LogP contribution in [0, 0.1) is 5.92 Å². The third-order valence-electron chi connectivity index (χ3n) is 2.99. The molecule has 0 aliphatic heterocycles. The Hall–Kier alpha value is -0.220. The Labute approximate surface area is 77.1 Å². The average Bonchev–Trinajstić information content (AvgIpc) is 2.05. The Balaban J connectivity index is 2.37. The molecule has 0 saturated heterocycles. The maximum atomic E-state index is 12.3. The number of rotatable bonds is 3. The molecule has 1 aliphatic carbocycles. The molecule has 1 fully saturated rings. The van der Waals surface area contributed by atoms with E-state index in [0.29, 0.717) is 32.1 Å². The highest BCUT2D eigenvalue weighted by atomic mass is 19.3. The van der Waals surface area contributed by atoms with Crippen LogP contribution in [0.15, 0.2) is 0 Å². The van der Waals surface area contributed by atoms with Crippen molar-refractivity contribution in [3.05, 3.63) is 0 Å². The second-order valence-corrected chi connectivity index (χ2v) is 4.01. The van der Waals surface area contributed by atoms with Crippen LogP contribution in [-0.4, -0.2) is 23.7 Å². The molecule has 0 bridgehead atoms. The quantitative estimate of drug-likeness (QED) is 0.713. The highest BCUT2D eigenvalue weighted by molar-refractivity contribution is 4.89. The van der Waals surface area contributed by atoms with Crippen LogP contribution in [0.5, 0.6) is 0 Å². The molecule has 0 heterocycles. The van der Waals surface area contributed by atoms with Crippen molar-refractivity contribution < 1.29 is 13.9 Å². The van der Waals surface area contributed by atoms with Crippen molar-refractivity contribution in [2.45, 2.75) is 44.1 Å². The van der Waals surface area contributed by atoms with E-state index in [4.69, 9.17) is 10.8 Å². The first-order valence-electron chi connectivity index (χ1n) is 4.75. The molecular weight excluding hydrogens is 176 g/mol. The summed E-state index contributed by atoms with van der Waals surface area (Å²) in [4.78, 5) is 0. The second-order valence-electron chi connectivity index (χ2n) is 4.01. The van der Waals surface area contributed by atoms with Crippen LogP contribution in [0.3, 0.4) is 0 Å². The summed E-state index contributed by atoms with van der Waals surface area (Å²) in [7, 11) is 0. The van der Waals surface area contributed by atoms with Gasteiger partial charge in [0, 0.05) is 18.1 Å². The Morgan fingerprint density at radius 2 is 1.92 bits per heavy atom. The largest absolute Gasteiger partial charge is 0.396 e. The molecule has 0 amide bonds. The van der Waals surface area contributed by atoms with Crippen LogP contribution in [0.1, 0.15) is 32.1 Å². The van der Waals surface area contributed by atoms with Crippen molar-refractivity contribution >= 4 is 0 Å². The van der Waals surface area contributed by atoms with Crippen LogP contribution in [0.2, 0.25) is 0 Å². The zero-order chi connectivity index (χ0) is 9.90. The Morgan fingerprint density at radius 1 is 1.38 bits per heavy atom. The van der Waals surface area contributed by atoms with Gasteiger partial charge in [-0.3, -0.25) is 0 Å². The van der Waals surface area contributed by atoms with Crippen LogP contribution in [0.25, 0.3) is 0 Å². The summed E-state index contributed by atoms with van der Waals surface area (Å²) in [5.74, 6) is -0.477. The highest BCUT2D eigenvalue weighted by Gasteiger charge is 2.34. The number of alkyl halides is 2. The van der Waals surface area contributed by atoms with E-state index < -0.39 is 12.3 Å². The smallest absolute Gasteiger partial charge is 0.241 e. The molecule has 2 nitrogen and oxygen atoms in total. The third-order valence-corrected chi connectivity index (χ3v) is 2.99. The van der Waals surface area contributed by atoms with E-state index in [1.165, 1.54) is 0 Å². The van der Waals surface area contributed by atoms with Gasteiger partial charge >= 0.3 is 0 Å². The number of hydrogen-bond acceptors (Lipinski definition) is 2. The molecule has 1 aliphatic rings. The van der Waals surface area contributed by atoms with Gasteiger partial charge in [-0.15, -0.1) is 0 Å². The van der Waals surface area contributed by atoms with Crippen molar-refractivity contribution in [3.8, 4) is 0 Å². The van der Waals surface area contributed by atoms with Gasteiger partial charge in [0.2, 0.25) is 6.43 Å². The van der Waals surface area contributed by atoms with Crippen LogP contribution >= 0.6 is 0 Å². The van der Waals surface area contributed by atoms with E-state index in [9.17, 15) is 8.78 Å². The summed E-state index contributed by atoms with van der Waals surface area (Å²) in [6.07, 6.45) is 0.537. The monoisotopic (exact) mass is 193 g/mol. The molecule has 0 unspecified atom stereocenters. The molecule has 1 rings (SSSR count). The fourth-order valence-corrected chi connectivity index (χ4v) is 1.94. The number of aliphatic hydroxyl groups is 1. The number of halogens is 2. The van der Waals surface area contributed by atoms with Gasteiger partial charge in [-0.25, -0.2) is 8.78 Å². The predicted octanol–water partition coefficient (Wildman–Crippen LogP) is 1.52. The van der Waals surface area contributed by atoms with Gasteiger partial charge in [-0.2, -0.15) is 0 Å². The van der Waals surface area contributed by atoms with Crippen LogP contribution in [-0.2, 0) is 0 Å². The van der Waals surface area contributed by atoms with Crippen molar-refractivity contribution in [2.75, 3.05) is 6.61 Å². The standard InChI is InChI=1S/C9H17F2NO/c10-8(11)7-1-3-9(12,4-2-7)5-6-13/h7-8,13H,1-6,12H2. The zero-order valence-electron chi connectivity index (χ0n) is 7.68. The van der Waals surface area contributed by atoms with Crippen LogP contribution in [0.4, 0.5) is 8.78 Å². The molecular formula is C9H17F2NO. The Morgan fingerprint density at radius 3 is 2.31 bits per heavy atom. The topological polar surface area (TPSA) is 46.2 Å². The molecule has 0 aromatic heterocycles. The first-order chi connectivity index (χ1) is 6.07. The molecule has 0 aromatic carbocycles. The molecule has 0 radical (unpaired) electrons. The lowest BCUT2D eigenvalue weighted by Crippen LogP contribution is -2.44. The van der Waals surface area contributed by atoms with Crippen molar-refractivity contribution in [1.82, 2.24) is 0 Å². The summed E-state index contributed by atoms with van der Waals surface area (Å²) in [6, 6.07) is 0. The number of nitrogens with two attached hydrogens (primary N) is 1. The van der Waals surface area contributed by atoms with Crippen molar-refractivity contribution in [1.29, 1.82) is 0 Å². The maximum Gasteiger partial charge on any atom is 0.241 e. The fourth-order valence-electron chi connectivity index (χ4n) is 1.94. The summed E-state index contributed by atoms with van der Waals surface area (Å²) < 4.78 is 24.5. The third kappa shape index (κ3) is 2.88. The van der Waals surface area contributed by atoms with E-state index >= 15 is 0 Å². The Kier molecular flexibility index (Phi) is 3.62. The van der Waals surface area contributed by atoms with Crippen molar-refractivity contribution in [2.24, 2.45) is 11.7 Å². The molecule has 78 valence electrons. The first kappa shape index (κ1) is 10.9. The lowest BCUT2D eigenvalue weighted by atomic mass is 9.75. The molecule has 13 heavy (non-hydrogen) atoms. The van der Waals surface area contributed by atoms with Gasteiger partial charge in [0.15, 0.2) is 0 Å². The first-order valence-corrected chi connectivity index (χ1v) is 4.75. The maximum absolute atomic E-state index is 12.3. The molecule has 0 atom stereocenters. The fraction of sp³-hybridized carbons (Fsp3) is 1.00. The van der Waals surface area contributed by atoms with Gasteiger partial charge in [-0.1, -0.05) is 0 Å². The van der Waals surface area contributed by atoms with E-state index in [1.807, 2.05) is 0 Å². The van der Waals surface area contributed by atoms with E-state index in [2.05, 4.69) is 0 Å². The molecule has 0 spiro atoms. The Bertz CT molecular complexity index is 156. The summed E-state index contributed by atoms with van der Waals surface area (Å²) in [5, 5.41) is 8.73. The summed E-state index contributed by atoms with van der Waals surface area (Å²) >= 11 is 0. The number of aliphatic hydroxyl groups excluding tert-OH is 1. The highest BCUT2D eigenvalue weighted by Crippen LogP contribution is 2.35. The molecule has 0 aromatic rings. The lowest BCUT2D eigenvalue weighted by Gasteiger charge is -2.36. The summed E-state index contributed by atoms with van der Waals surface area (Å²) in [6.45, 7) is 0.0514. The van der Waals surface area contributed by atoms with Gasteiger partial charge in [0.1, 0.15) is 0 Å². The normalized spacial score (nSPS) is 35.3. The van der Waals surface area contributed by atoms with Gasteiger partial charge in [0.25, 0.3) is 0 Å². The van der Waals surface area contributed by atoms with Gasteiger partial charge in [0.05, 0.1) is 0 Å². The van der Waals surface area contributed by atoms with Crippen molar-refractivity contribution in [3.63, 3.8) is 0 Å². The van der Waals surface area contributed by atoms with Gasteiger partial charge in [-0.05, 0) is 32.1 Å². The summed E-state index contributed by atoms with van der Waals surface area (Å²) in [5.41, 5.74) is 5.54. The zero-order valence-corrected chi connectivity index (χ0v) is 7.68. The molecule has 3 N–H and O–H groups in total. The molecule has 4 heteroatoms. The van der Waals surface area contributed by atoms with E-state index in [-0.39, 0.29) is 12.1 Å².